The number of hydrogen-bond acceptors (Lipinski definition) is 9. The molecule has 11 nitrogen and oxygen atoms in total. The summed E-state index contributed by atoms with van der Waals surface area (Å²) in [5, 5.41) is 2.49. The Balaban J connectivity index is 0.00000407. The highest BCUT2D eigenvalue weighted by molar-refractivity contribution is 7.39. The maximum absolute atomic E-state index is 11.7. The molecule has 2 amide bonds. The zero-order valence-corrected chi connectivity index (χ0v) is 18.5. The smallest absolute Gasteiger partial charge is 0.327 e. The molecular formula is C18H34N3O8P. The van der Waals surface area contributed by atoms with E-state index in [-0.39, 0.29) is 18.6 Å². The van der Waals surface area contributed by atoms with E-state index in [4.69, 9.17) is 34.3 Å². The summed E-state index contributed by atoms with van der Waals surface area (Å²) in [7, 11) is -1.01. The SMILES string of the molecule is C=O.CNC(=O)/C(C)=C\N(C=O)C1CC(OCCCCCCN)C(COP(O)O)O1. The van der Waals surface area contributed by atoms with Gasteiger partial charge in [-0.3, -0.25) is 14.5 Å². The molecule has 0 bridgehead atoms. The monoisotopic (exact) mass is 451 g/mol. The first kappa shape index (κ1) is 28.5. The molecule has 0 aromatic rings. The Morgan fingerprint density at radius 3 is 2.57 bits per heavy atom. The predicted octanol–water partition coefficient (Wildman–Crippen LogP) is 0.157. The van der Waals surface area contributed by atoms with Gasteiger partial charge in [-0.1, -0.05) is 12.8 Å². The molecule has 30 heavy (non-hydrogen) atoms. The number of nitrogens with zero attached hydrogens (tertiary/aromatic N) is 1. The van der Waals surface area contributed by atoms with Crippen molar-refractivity contribution in [2.45, 2.75) is 57.5 Å². The first-order chi connectivity index (χ1) is 14.4. The van der Waals surface area contributed by atoms with Crippen molar-refractivity contribution >= 4 is 27.7 Å². The lowest BCUT2D eigenvalue weighted by Crippen LogP contribution is -2.32. The quantitative estimate of drug-likeness (QED) is 0.125. The number of nitrogens with two attached hydrogens (primary N) is 1. The molecule has 0 aliphatic carbocycles. The molecule has 1 aliphatic heterocycles. The maximum Gasteiger partial charge on any atom is 0.327 e. The van der Waals surface area contributed by atoms with Crippen LogP contribution in [-0.2, 0) is 28.4 Å². The van der Waals surface area contributed by atoms with Gasteiger partial charge < -0.3 is 39.6 Å². The van der Waals surface area contributed by atoms with Crippen LogP contribution in [0.5, 0.6) is 0 Å². The van der Waals surface area contributed by atoms with Gasteiger partial charge in [0, 0.05) is 31.8 Å². The van der Waals surface area contributed by atoms with Crippen molar-refractivity contribution in [3.63, 3.8) is 0 Å². The fourth-order valence-corrected chi connectivity index (χ4v) is 3.13. The van der Waals surface area contributed by atoms with Crippen LogP contribution in [0.2, 0.25) is 0 Å². The fraction of sp³-hybridized carbons (Fsp3) is 0.722. The lowest BCUT2D eigenvalue weighted by atomic mass is 10.1. The third kappa shape index (κ3) is 11.1. The van der Waals surface area contributed by atoms with Crippen LogP contribution in [-0.4, -0.2) is 79.0 Å². The molecule has 1 fully saturated rings. The summed E-state index contributed by atoms with van der Waals surface area (Å²) < 4.78 is 16.6. The Morgan fingerprint density at radius 2 is 2.00 bits per heavy atom. The minimum Gasteiger partial charge on any atom is -0.375 e. The second-order valence-electron chi connectivity index (χ2n) is 6.47. The van der Waals surface area contributed by atoms with Crippen molar-refractivity contribution in [3.05, 3.63) is 11.8 Å². The average molecular weight is 451 g/mol. The minimum atomic E-state index is -2.51. The molecule has 0 saturated carbocycles. The van der Waals surface area contributed by atoms with Crippen molar-refractivity contribution in [3.8, 4) is 0 Å². The highest BCUT2D eigenvalue weighted by Gasteiger charge is 2.39. The van der Waals surface area contributed by atoms with E-state index in [2.05, 4.69) is 5.32 Å². The van der Waals surface area contributed by atoms with Gasteiger partial charge in [0.15, 0.2) is 0 Å². The first-order valence-electron chi connectivity index (χ1n) is 9.63. The lowest BCUT2D eigenvalue weighted by Gasteiger charge is -2.21. The standard InChI is InChI=1S/C17H32N3O7P.CH2O/c1-13(17(22)19-2)10-20(12-21)16-9-14(15(27-16)11-26-28(23)24)25-8-6-4-3-5-7-18;1-2/h10,12,14-16,23-24H,3-9,11,18H2,1-2H3,(H,19,22);1H2/b13-10-;. The Labute approximate surface area is 178 Å². The summed E-state index contributed by atoms with van der Waals surface area (Å²) in [6, 6.07) is 0. The van der Waals surface area contributed by atoms with Gasteiger partial charge in [0.05, 0.1) is 12.7 Å². The summed E-state index contributed by atoms with van der Waals surface area (Å²) in [5.74, 6) is -0.304. The van der Waals surface area contributed by atoms with E-state index in [1.54, 1.807) is 6.92 Å². The van der Waals surface area contributed by atoms with Crippen LogP contribution in [0.3, 0.4) is 0 Å². The van der Waals surface area contributed by atoms with Crippen molar-refractivity contribution in [1.29, 1.82) is 0 Å². The summed E-state index contributed by atoms with van der Waals surface area (Å²) in [6.07, 6.45) is 4.69. The van der Waals surface area contributed by atoms with E-state index in [1.807, 2.05) is 6.79 Å². The topological polar surface area (TPSA) is 161 Å². The zero-order valence-electron chi connectivity index (χ0n) is 17.6. The van der Waals surface area contributed by atoms with Crippen molar-refractivity contribution in [2.75, 3.05) is 26.8 Å². The molecule has 0 aromatic heterocycles. The van der Waals surface area contributed by atoms with Crippen LogP contribution in [0, 0.1) is 0 Å². The third-order valence-corrected chi connectivity index (χ3v) is 4.73. The number of nitrogens with one attached hydrogen (secondary N) is 1. The molecule has 3 atom stereocenters. The number of rotatable bonds is 14. The highest BCUT2D eigenvalue weighted by Crippen LogP contribution is 2.31. The molecule has 5 N–H and O–H groups in total. The molecule has 174 valence electrons. The Bertz CT molecular complexity index is 524. The van der Waals surface area contributed by atoms with Crippen LogP contribution < -0.4 is 11.1 Å². The average Bonchev–Trinajstić information content (AvgIpc) is 3.16. The van der Waals surface area contributed by atoms with Crippen LogP contribution >= 0.6 is 8.60 Å². The molecule has 0 spiro atoms. The molecule has 12 heteroatoms. The summed E-state index contributed by atoms with van der Waals surface area (Å²) in [6.45, 7) is 4.71. The van der Waals surface area contributed by atoms with E-state index in [9.17, 15) is 9.59 Å². The predicted molar refractivity (Wildman–Crippen MR) is 111 cm³/mol. The van der Waals surface area contributed by atoms with Crippen LogP contribution in [0.25, 0.3) is 0 Å². The Morgan fingerprint density at radius 1 is 1.33 bits per heavy atom. The van der Waals surface area contributed by atoms with E-state index in [0.717, 1.165) is 25.7 Å². The molecule has 1 aliphatic rings. The van der Waals surface area contributed by atoms with Gasteiger partial charge in [0.1, 0.15) is 19.1 Å². The number of hydrogen-bond donors (Lipinski definition) is 4. The van der Waals surface area contributed by atoms with Crippen LogP contribution in [0.4, 0.5) is 0 Å². The Kier molecular flexibility index (Phi) is 16.4. The van der Waals surface area contributed by atoms with Gasteiger partial charge in [-0.15, -0.1) is 0 Å². The van der Waals surface area contributed by atoms with Crippen molar-refractivity contribution < 1.29 is 38.2 Å². The number of amides is 2. The van der Waals surface area contributed by atoms with E-state index >= 15 is 0 Å². The van der Waals surface area contributed by atoms with Crippen molar-refractivity contribution in [1.82, 2.24) is 10.2 Å². The second-order valence-corrected chi connectivity index (χ2v) is 7.23. The molecule has 0 aromatic carbocycles. The van der Waals surface area contributed by atoms with E-state index in [1.165, 1.54) is 18.1 Å². The normalized spacial score (nSPS) is 21.1. The van der Waals surface area contributed by atoms with E-state index in [0.29, 0.717) is 31.6 Å². The van der Waals surface area contributed by atoms with Gasteiger partial charge in [-0.2, -0.15) is 0 Å². The van der Waals surface area contributed by atoms with E-state index < -0.39 is 20.9 Å². The molecule has 1 rings (SSSR count). The first-order valence-corrected chi connectivity index (χ1v) is 10.8. The van der Waals surface area contributed by atoms with Crippen LogP contribution in [0.1, 0.15) is 39.0 Å². The second kappa shape index (κ2) is 17.2. The molecular weight excluding hydrogens is 417 g/mol. The highest BCUT2D eigenvalue weighted by atomic mass is 31.2. The van der Waals surface area contributed by atoms with Gasteiger partial charge in [0.2, 0.25) is 12.3 Å². The van der Waals surface area contributed by atoms with Crippen LogP contribution in [0.15, 0.2) is 11.8 Å². The maximum atomic E-state index is 11.7. The number of unbranched alkanes of at least 4 members (excludes halogenated alkanes) is 3. The minimum absolute atomic E-state index is 0.0715. The number of ether oxygens (including phenoxy) is 2. The summed E-state index contributed by atoms with van der Waals surface area (Å²) in [5.41, 5.74) is 5.82. The zero-order chi connectivity index (χ0) is 22.9. The Hall–Kier alpha value is -1.46. The van der Waals surface area contributed by atoms with Gasteiger partial charge in [-0.25, -0.2) is 0 Å². The number of carbonyl (C=O) groups is 3. The van der Waals surface area contributed by atoms with Crippen molar-refractivity contribution in [2.24, 2.45) is 5.73 Å². The fourth-order valence-electron chi connectivity index (χ4n) is 2.85. The lowest BCUT2D eigenvalue weighted by molar-refractivity contribution is -0.128. The third-order valence-electron chi connectivity index (χ3n) is 4.35. The molecule has 1 heterocycles. The summed E-state index contributed by atoms with van der Waals surface area (Å²) >= 11 is 0. The number of carbonyl (C=O) groups excluding carboxylic acids is 3. The largest absolute Gasteiger partial charge is 0.375 e. The molecule has 0 radical (unpaired) electrons. The van der Waals surface area contributed by atoms with Gasteiger partial charge in [0.25, 0.3) is 0 Å². The molecule has 3 unspecified atom stereocenters. The number of likely N-dealkylation sites (N-methyl/N-ethyl adjacent to an activating group) is 1. The van der Waals surface area contributed by atoms with Gasteiger partial charge >= 0.3 is 8.60 Å². The molecule has 1 saturated heterocycles. The summed E-state index contributed by atoms with van der Waals surface area (Å²) in [4.78, 5) is 50.4. The van der Waals surface area contributed by atoms with Gasteiger partial charge in [-0.05, 0) is 26.3 Å².